The Hall–Kier alpha value is -3.93. The third-order valence-electron chi connectivity index (χ3n) is 7.34. The summed E-state index contributed by atoms with van der Waals surface area (Å²) in [5.41, 5.74) is 1.67. The van der Waals surface area contributed by atoms with Gasteiger partial charge in [0.15, 0.2) is 0 Å². The predicted octanol–water partition coefficient (Wildman–Crippen LogP) is 4.26. The molecular formula is C31H44FN5O6. The van der Waals surface area contributed by atoms with Crippen LogP contribution in [0.1, 0.15) is 60.5 Å². The van der Waals surface area contributed by atoms with Crippen molar-refractivity contribution in [3.05, 3.63) is 46.9 Å². The van der Waals surface area contributed by atoms with E-state index in [-0.39, 0.29) is 25.6 Å². The normalized spacial score (nSPS) is 18.8. The molecule has 3 rings (SSSR count). The van der Waals surface area contributed by atoms with Gasteiger partial charge in [-0.15, -0.1) is 0 Å². The van der Waals surface area contributed by atoms with Crippen LogP contribution in [0.3, 0.4) is 0 Å². The SMILES string of the molecule is CCN(CC)CCN(C(=O)OCCCNC(=O)OC(C)(C)C)C(=O)C1=C(C)NC(/C=C2\C(=O)Nc3ccc(F)cc32)C1C. The number of rotatable bonds is 11. The van der Waals surface area contributed by atoms with Gasteiger partial charge in [-0.05, 0) is 71.5 Å². The van der Waals surface area contributed by atoms with Crippen molar-refractivity contribution in [1.82, 2.24) is 20.4 Å². The van der Waals surface area contributed by atoms with Gasteiger partial charge in [-0.3, -0.25) is 9.59 Å². The monoisotopic (exact) mass is 601 g/mol. The van der Waals surface area contributed by atoms with E-state index in [1.54, 1.807) is 33.8 Å². The number of likely N-dealkylation sites (N-methyl/N-ethyl adjacent to an activating group) is 1. The van der Waals surface area contributed by atoms with E-state index in [0.717, 1.165) is 18.0 Å². The number of imide groups is 1. The number of halogens is 1. The van der Waals surface area contributed by atoms with Crippen LogP contribution in [-0.2, 0) is 19.1 Å². The van der Waals surface area contributed by atoms with Crippen LogP contribution in [0, 0.1) is 11.7 Å². The summed E-state index contributed by atoms with van der Waals surface area (Å²) in [6.45, 7) is 15.2. The third kappa shape index (κ3) is 8.79. The molecule has 1 aromatic carbocycles. The van der Waals surface area contributed by atoms with Crippen LogP contribution in [0.2, 0.25) is 0 Å². The number of allylic oxidation sites excluding steroid dienone is 1. The first-order chi connectivity index (χ1) is 20.2. The van der Waals surface area contributed by atoms with E-state index in [2.05, 4.69) is 20.9 Å². The second-order valence-electron chi connectivity index (χ2n) is 11.6. The molecular weight excluding hydrogens is 557 g/mol. The van der Waals surface area contributed by atoms with E-state index in [1.165, 1.54) is 18.2 Å². The first-order valence-corrected chi connectivity index (χ1v) is 14.7. The van der Waals surface area contributed by atoms with Crippen LogP contribution in [0.15, 0.2) is 35.5 Å². The standard InChI is InChI=1S/C31H44FN5O6/c1-8-36(9-2)14-15-37(30(41)42-16-10-13-33-29(40)43-31(5,6)7)28(39)26-19(3)25(34-20(26)4)18-23-22-17-21(32)11-12-24(22)35-27(23)38/h11-12,17-19,25,34H,8-10,13-16H2,1-7H3,(H,33,40)(H,35,38)/b23-18-. The lowest BCUT2D eigenvalue weighted by Crippen LogP contribution is -2.44. The zero-order chi connectivity index (χ0) is 31.9. The highest BCUT2D eigenvalue weighted by Gasteiger charge is 2.38. The fourth-order valence-corrected chi connectivity index (χ4v) is 5.04. The summed E-state index contributed by atoms with van der Waals surface area (Å²) in [4.78, 5) is 54.8. The molecule has 0 bridgehead atoms. The summed E-state index contributed by atoms with van der Waals surface area (Å²) < 4.78 is 24.6. The predicted molar refractivity (Wildman–Crippen MR) is 161 cm³/mol. The Morgan fingerprint density at radius 2 is 1.84 bits per heavy atom. The second kappa shape index (κ2) is 14.5. The number of benzene rings is 1. The Morgan fingerprint density at radius 3 is 2.49 bits per heavy atom. The summed E-state index contributed by atoms with van der Waals surface area (Å²) in [7, 11) is 0. The summed E-state index contributed by atoms with van der Waals surface area (Å²) in [6.07, 6.45) is 0.699. The van der Waals surface area contributed by atoms with Crippen LogP contribution >= 0.6 is 0 Å². The number of amides is 4. The molecule has 0 radical (unpaired) electrons. The Labute approximate surface area is 252 Å². The topological polar surface area (TPSA) is 129 Å². The fourth-order valence-electron chi connectivity index (χ4n) is 5.04. The number of alkyl carbamates (subject to hydrolysis) is 1. The van der Waals surface area contributed by atoms with Crippen molar-refractivity contribution in [3.8, 4) is 0 Å². The number of nitrogens with zero attached hydrogens (tertiary/aromatic N) is 2. The molecule has 3 N–H and O–H groups in total. The minimum atomic E-state index is -0.775. The quantitative estimate of drug-likeness (QED) is 0.254. The molecule has 2 heterocycles. The van der Waals surface area contributed by atoms with Crippen LogP contribution in [0.25, 0.3) is 5.57 Å². The molecule has 1 aromatic rings. The molecule has 12 heteroatoms. The van der Waals surface area contributed by atoms with Crippen LogP contribution in [0.4, 0.5) is 19.7 Å². The zero-order valence-electron chi connectivity index (χ0n) is 26.1. The minimum absolute atomic E-state index is 0.00465. The average molecular weight is 602 g/mol. The highest BCUT2D eigenvalue weighted by Crippen LogP contribution is 2.35. The molecule has 43 heavy (non-hydrogen) atoms. The summed E-state index contributed by atoms with van der Waals surface area (Å²) in [5, 5.41) is 8.61. The first-order valence-electron chi connectivity index (χ1n) is 14.7. The number of carbonyl (C=O) groups excluding carboxylic acids is 4. The van der Waals surface area contributed by atoms with Crippen molar-refractivity contribution in [2.45, 2.75) is 66.5 Å². The van der Waals surface area contributed by atoms with Crippen molar-refractivity contribution in [3.63, 3.8) is 0 Å². The molecule has 4 amide bonds. The van der Waals surface area contributed by atoms with Gasteiger partial charge in [0.05, 0.1) is 12.6 Å². The van der Waals surface area contributed by atoms with E-state index >= 15 is 0 Å². The maximum Gasteiger partial charge on any atom is 0.416 e. The van der Waals surface area contributed by atoms with Crippen molar-refractivity contribution in [1.29, 1.82) is 0 Å². The van der Waals surface area contributed by atoms with Crippen LogP contribution in [-0.4, -0.2) is 84.8 Å². The summed E-state index contributed by atoms with van der Waals surface area (Å²) in [5.74, 6) is -1.68. The summed E-state index contributed by atoms with van der Waals surface area (Å²) in [6, 6.07) is 3.66. The van der Waals surface area contributed by atoms with Crippen molar-refractivity contribution < 1.29 is 33.0 Å². The Balaban J connectivity index is 1.70. The highest BCUT2D eigenvalue weighted by molar-refractivity contribution is 6.31. The third-order valence-corrected chi connectivity index (χ3v) is 7.34. The molecule has 236 valence electrons. The lowest BCUT2D eigenvalue weighted by atomic mass is 9.92. The maximum absolute atomic E-state index is 13.9. The van der Waals surface area contributed by atoms with Crippen molar-refractivity contribution in [2.24, 2.45) is 5.92 Å². The number of nitrogens with one attached hydrogen (secondary N) is 3. The molecule has 0 saturated heterocycles. The molecule has 2 unspecified atom stereocenters. The number of hydrogen-bond donors (Lipinski definition) is 3. The van der Waals surface area contributed by atoms with Gasteiger partial charge < -0.3 is 30.3 Å². The van der Waals surface area contributed by atoms with Gasteiger partial charge in [-0.25, -0.2) is 18.9 Å². The Kier molecular flexibility index (Phi) is 11.3. The molecule has 0 fully saturated rings. The number of hydrogen-bond acceptors (Lipinski definition) is 8. The highest BCUT2D eigenvalue weighted by atomic mass is 19.1. The molecule has 0 spiro atoms. The van der Waals surface area contributed by atoms with E-state index in [4.69, 9.17) is 9.47 Å². The van der Waals surface area contributed by atoms with Crippen LogP contribution < -0.4 is 16.0 Å². The van der Waals surface area contributed by atoms with Crippen molar-refractivity contribution >= 4 is 35.3 Å². The molecule has 0 aromatic heterocycles. The second-order valence-corrected chi connectivity index (χ2v) is 11.6. The fraction of sp³-hybridized carbons (Fsp3) is 0.548. The van der Waals surface area contributed by atoms with Crippen molar-refractivity contribution in [2.75, 3.05) is 44.6 Å². The van der Waals surface area contributed by atoms with Gasteiger partial charge in [0.25, 0.3) is 11.8 Å². The van der Waals surface area contributed by atoms with Gasteiger partial charge in [-0.2, -0.15) is 0 Å². The number of fused-ring (bicyclic) bond motifs is 1. The molecule has 2 atom stereocenters. The minimum Gasteiger partial charge on any atom is -0.449 e. The van der Waals surface area contributed by atoms with Gasteiger partial charge in [-0.1, -0.05) is 20.8 Å². The summed E-state index contributed by atoms with van der Waals surface area (Å²) >= 11 is 0. The smallest absolute Gasteiger partial charge is 0.416 e. The van der Waals surface area contributed by atoms with Gasteiger partial charge in [0.1, 0.15) is 11.4 Å². The van der Waals surface area contributed by atoms with E-state index in [1.807, 2.05) is 20.8 Å². The lowest BCUT2D eigenvalue weighted by molar-refractivity contribution is -0.126. The van der Waals surface area contributed by atoms with E-state index < -0.39 is 41.5 Å². The maximum atomic E-state index is 13.9. The average Bonchev–Trinajstić information content (AvgIpc) is 3.38. The number of anilines is 1. The Morgan fingerprint density at radius 1 is 1.14 bits per heavy atom. The van der Waals surface area contributed by atoms with Gasteiger partial charge in [0, 0.05) is 53.6 Å². The van der Waals surface area contributed by atoms with Gasteiger partial charge in [0.2, 0.25) is 0 Å². The van der Waals surface area contributed by atoms with E-state index in [0.29, 0.717) is 41.1 Å². The molecule has 0 aliphatic carbocycles. The molecule has 2 aliphatic rings. The molecule has 2 aliphatic heterocycles. The zero-order valence-corrected chi connectivity index (χ0v) is 26.1. The largest absolute Gasteiger partial charge is 0.449 e. The lowest BCUT2D eigenvalue weighted by Gasteiger charge is -2.26. The number of carbonyl (C=O) groups is 4. The molecule has 0 saturated carbocycles. The first kappa shape index (κ1) is 33.6. The number of ether oxygens (including phenoxy) is 2. The van der Waals surface area contributed by atoms with E-state index in [9.17, 15) is 23.6 Å². The molecule has 11 nitrogen and oxygen atoms in total. The van der Waals surface area contributed by atoms with Gasteiger partial charge >= 0.3 is 12.2 Å². The Bertz CT molecular complexity index is 1280. The van der Waals surface area contributed by atoms with Crippen LogP contribution in [0.5, 0.6) is 0 Å².